The fraction of sp³-hybridized carbons (Fsp3) is 0.750. The Bertz CT molecular complexity index is 885. The third kappa shape index (κ3) is 11.2. The molecule has 1 saturated heterocycles. The van der Waals surface area contributed by atoms with E-state index in [9.17, 15) is 28.8 Å². The van der Waals surface area contributed by atoms with Crippen LogP contribution in [0.15, 0.2) is 0 Å². The number of carbonyl (C=O) groups excluding carboxylic acids is 5. The molecule has 7 N–H and O–H groups in total. The number of nitrogens with one attached hydrogen (secondary N) is 6. The molecule has 1 heterocycles. The molecule has 0 aromatic carbocycles. The van der Waals surface area contributed by atoms with E-state index < -0.39 is 60.3 Å². The highest BCUT2D eigenvalue weighted by Gasteiger charge is 2.33. The largest absolute Gasteiger partial charge is 0.480 e. The van der Waals surface area contributed by atoms with Crippen molar-refractivity contribution < 1.29 is 33.9 Å². The zero-order valence-corrected chi connectivity index (χ0v) is 24.6. The Morgan fingerprint density at radius 3 is 1.87 bits per heavy atom. The number of aliphatic carboxylic acids is 1. The van der Waals surface area contributed by atoms with E-state index in [0.717, 1.165) is 13.0 Å². The third-order valence-corrected chi connectivity index (χ3v) is 7.19. The summed E-state index contributed by atoms with van der Waals surface area (Å²) in [7, 11) is 0. The Kier molecular flexibility index (Phi) is 15.2. The molecule has 15 heteroatoms. The quantitative estimate of drug-likeness (QED) is 0.0963. The number of carboxylic acids is 1. The fourth-order valence-corrected chi connectivity index (χ4v) is 4.36. The predicted octanol–water partition coefficient (Wildman–Crippen LogP) is -1.56. The van der Waals surface area contributed by atoms with Gasteiger partial charge in [-0.1, -0.05) is 34.1 Å². The van der Waals surface area contributed by atoms with E-state index in [4.69, 9.17) is 5.11 Å². The summed E-state index contributed by atoms with van der Waals surface area (Å²) in [5.41, 5.74) is 0. The first kappa shape index (κ1) is 34.5. The number of carboxylic acid groups (broad SMARTS) is 1. The van der Waals surface area contributed by atoms with E-state index in [-0.39, 0.29) is 35.3 Å². The van der Waals surface area contributed by atoms with Crippen LogP contribution in [0.5, 0.6) is 0 Å². The lowest BCUT2D eigenvalue weighted by Crippen LogP contribution is -2.61. The first-order valence-electron chi connectivity index (χ1n) is 13.0. The molecule has 0 saturated carbocycles. The molecular weight excluding hydrogens is 548 g/mol. The van der Waals surface area contributed by atoms with Gasteiger partial charge in [-0.2, -0.15) is 25.3 Å². The number of hydrogen-bond acceptors (Lipinski definition) is 9. The molecule has 13 nitrogen and oxygen atoms in total. The van der Waals surface area contributed by atoms with Crippen molar-refractivity contribution in [3.63, 3.8) is 0 Å². The maximum atomic E-state index is 13.0. The average molecular weight is 591 g/mol. The van der Waals surface area contributed by atoms with Crippen molar-refractivity contribution in [1.82, 2.24) is 31.9 Å². The summed E-state index contributed by atoms with van der Waals surface area (Å²) in [6, 6.07) is -4.58. The SMILES string of the molecule is CCC(C)C(NC(=O)C(CS)NC(=O)C(CS)NC(=O)C(NC(=O)C1CCCN1)C(C)C)C(=O)NCC(=O)O. The van der Waals surface area contributed by atoms with Crippen LogP contribution in [0.25, 0.3) is 0 Å². The normalized spacial score (nSPS) is 18.7. The van der Waals surface area contributed by atoms with Gasteiger partial charge in [0.2, 0.25) is 29.5 Å². The molecule has 5 amide bonds. The van der Waals surface area contributed by atoms with Gasteiger partial charge in [0.25, 0.3) is 0 Å². The summed E-state index contributed by atoms with van der Waals surface area (Å²) in [6.07, 6.45) is 2.05. The monoisotopic (exact) mass is 590 g/mol. The summed E-state index contributed by atoms with van der Waals surface area (Å²) in [5.74, 6) is -4.95. The van der Waals surface area contributed by atoms with Crippen molar-refractivity contribution in [3.8, 4) is 0 Å². The molecule has 0 radical (unpaired) electrons. The molecule has 0 bridgehead atoms. The highest BCUT2D eigenvalue weighted by Crippen LogP contribution is 2.10. The van der Waals surface area contributed by atoms with E-state index in [1.807, 2.05) is 6.92 Å². The standard InChI is InChI=1S/C24H42N6O7S2/c1-5-13(4)19(23(36)26-9-17(31)32)30-22(35)16(11-39)27-21(34)15(10-38)28-24(37)18(12(2)3)29-20(33)14-7-6-8-25-14/h12-16,18-19,25,38-39H,5-11H2,1-4H3,(H,26,36)(H,27,34)(H,28,37)(H,29,33)(H,30,35)(H,31,32). The van der Waals surface area contributed by atoms with E-state index in [1.165, 1.54) is 0 Å². The Morgan fingerprint density at radius 2 is 1.41 bits per heavy atom. The van der Waals surface area contributed by atoms with Gasteiger partial charge in [0.15, 0.2) is 0 Å². The second kappa shape index (κ2) is 17.2. The first-order valence-corrected chi connectivity index (χ1v) is 14.3. The second-order valence-electron chi connectivity index (χ2n) is 9.85. The van der Waals surface area contributed by atoms with Crippen molar-refractivity contribution in [2.45, 2.75) is 77.2 Å². The van der Waals surface area contributed by atoms with Crippen molar-refractivity contribution >= 4 is 60.8 Å². The number of hydrogen-bond donors (Lipinski definition) is 9. The van der Waals surface area contributed by atoms with Crippen LogP contribution in [0.1, 0.15) is 47.0 Å². The van der Waals surface area contributed by atoms with Gasteiger partial charge in [-0.15, -0.1) is 0 Å². The Labute approximate surface area is 239 Å². The van der Waals surface area contributed by atoms with E-state index in [0.29, 0.717) is 12.8 Å². The molecule has 0 aromatic rings. The van der Waals surface area contributed by atoms with E-state index >= 15 is 0 Å². The lowest BCUT2D eigenvalue weighted by atomic mass is 9.98. The van der Waals surface area contributed by atoms with Crippen molar-refractivity contribution in [3.05, 3.63) is 0 Å². The molecule has 0 aliphatic carbocycles. The number of amides is 5. The third-order valence-electron chi connectivity index (χ3n) is 6.46. The lowest BCUT2D eigenvalue weighted by Gasteiger charge is -2.28. The van der Waals surface area contributed by atoms with E-state index in [1.54, 1.807) is 20.8 Å². The number of thiol groups is 2. The van der Waals surface area contributed by atoms with Crippen LogP contribution in [0.3, 0.4) is 0 Å². The maximum Gasteiger partial charge on any atom is 0.322 e. The number of rotatable bonds is 16. The molecule has 1 aliphatic heterocycles. The Balaban J connectivity index is 2.85. The smallest absolute Gasteiger partial charge is 0.322 e. The molecule has 0 spiro atoms. The van der Waals surface area contributed by atoms with Crippen LogP contribution < -0.4 is 31.9 Å². The Hall–Kier alpha value is -2.52. The van der Waals surface area contributed by atoms with Crippen molar-refractivity contribution in [1.29, 1.82) is 0 Å². The molecule has 39 heavy (non-hydrogen) atoms. The minimum absolute atomic E-state index is 0.0888. The summed E-state index contributed by atoms with van der Waals surface area (Å²) < 4.78 is 0. The zero-order valence-electron chi connectivity index (χ0n) is 22.8. The first-order chi connectivity index (χ1) is 18.4. The molecule has 0 aromatic heterocycles. The lowest BCUT2D eigenvalue weighted by molar-refractivity contribution is -0.139. The minimum Gasteiger partial charge on any atom is -0.480 e. The van der Waals surface area contributed by atoms with Crippen LogP contribution in [0.2, 0.25) is 0 Å². The van der Waals surface area contributed by atoms with Gasteiger partial charge < -0.3 is 37.0 Å². The van der Waals surface area contributed by atoms with Gasteiger partial charge in [-0.05, 0) is 31.2 Å². The van der Waals surface area contributed by atoms with Gasteiger partial charge in [0, 0.05) is 11.5 Å². The summed E-state index contributed by atoms with van der Waals surface area (Å²) >= 11 is 8.30. The highest BCUT2D eigenvalue weighted by atomic mass is 32.1. The molecule has 222 valence electrons. The minimum atomic E-state index is -1.23. The molecule has 6 atom stereocenters. The second-order valence-corrected chi connectivity index (χ2v) is 10.6. The highest BCUT2D eigenvalue weighted by molar-refractivity contribution is 7.80. The van der Waals surface area contributed by atoms with Gasteiger partial charge in [-0.25, -0.2) is 0 Å². The zero-order chi connectivity index (χ0) is 29.7. The molecule has 1 aliphatic rings. The molecule has 6 unspecified atom stereocenters. The maximum absolute atomic E-state index is 13.0. The van der Waals surface area contributed by atoms with Crippen LogP contribution in [-0.4, -0.2) is 95.4 Å². The van der Waals surface area contributed by atoms with Gasteiger partial charge in [0.1, 0.15) is 30.7 Å². The predicted molar refractivity (Wildman–Crippen MR) is 151 cm³/mol. The van der Waals surface area contributed by atoms with Crippen LogP contribution in [-0.2, 0) is 28.8 Å². The topological polar surface area (TPSA) is 195 Å². The summed E-state index contributed by atoms with van der Waals surface area (Å²) in [5, 5.41) is 24.5. The summed E-state index contributed by atoms with van der Waals surface area (Å²) in [4.78, 5) is 74.7. The van der Waals surface area contributed by atoms with E-state index in [2.05, 4.69) is 57.2 Å². The van der Waals surface area contributed by atoms with Gasteiger partial charge >= 0.3 is 5.97 Å². The average Bonchev–Trinajstić information content (AvgIpc) is 3.44. The van der Waals surface area contributed by atoms with Crippen molar-refractivity contribution in [2.75, 3.05) is 24.6 Å². The molecular formula is C24H42N6O7S2. The number of carbonyl (C=O) groups is 6. The van der Waals surface area contributed by atoms with Crippen LogP contribution >= 0.6 is 25.3 Å². The van der Waals surface area contributed by atoms with Gasteiger partial charge in [0.05, 0.1) is 6.04 Å². The molecule has 1 fully saturated rings. The fourth-order valence-electron chi connectivity index (χ4n) is 3.85. The van der Waals surface area contributed by atoms with Crippen molar-refractivity contribution in [2.24, 2.45) is 11.8 Å². The Morgan fingerprint density at radius 1 is 0.846 bits per heavy atom. The van der Waals surface area contributed by atoms with Gasteiger partial charge in [-0.3, -0.25) is 28.8 Å². The van der Waals surface area contributed by atoms with Crippen LogP contribution in [0, 0.1) is 11.8 Å². The summed E-state index contributed by atoms with van der Waals surface area (Å²) in [6.45, 7) is 7.19. The molecule has 1 rings (SSSR count). The van der Waals surface area contributed by atoms with Crippen LogP contribution in [0.4, 0.5) is 0 Å².